The van der Waals surface area contributed by atoms with Crippen LogP contribution >= 0.6 is 23.7 Å². The minimum absolute atomic E-state index is 0. The lowest BCUT2D eigenvalue weighted by Gasteiger charge is -2.46. The molecule has 0 unspecified atom stereocenters. The molecule has 3 nitrogen and oxygen atoms in total. The van der Waals surface area contributed by atoms with Gasteiger partial charge in [-0.3, -0.25) is 4.98 Å². The standard InChI is InChI=1S/C23H28N2OS.ClH/c1-2-19-15-20(27-17-19)16-24-13-10-22(21-7-3-6-12-25-21)11-14-26-23(18-22)8-4-5-9-23;/h1,3,6-7,12,15,17,24H,4-5,8-11,13-14,16,18H2;1H/t22-;/m1./s1. The molecule has 5 heteroatoms. The van der Waals surface area contributed by atoms with E-state index in [-0.39, 0.29) is 23.4 Å². The number of hydrogen-bond acceptors (Lipinski definition) is 4. The second kappa shape index (κ2) is 9.41. The Morgan fingerprint density at radius 1 is 1.25 bits per heavy atom. The first-order valence-corrected chi connectivity index (χ1v) is 10.9. The molecule has 1 aliphatic heterocycles. The third-order valence-electron chi connectivity index (χ3n) is 6.27. The Bertz CT molecular complexity index is 794. The van der Waals surface area contributed by atoms with Crippen molar-refractivity contribution in [2.24, 2.45) is 0 Å². The average molecular weight is 417 g/mol. The van der Waals surface area contributed by atoms with Crippen molar-refractivity contribution in [2.75, 3.05) is 13.2 Å². The Balaban J connectivity index is 0.00000225. The van der Waals surface area contributed by atoms with Crippen molar-refractivity contribution in [2.45, 2.75) is 62.5 Å². The van der Waals surface area contributed by atoms with Gasteiger partial charge in [-0.05, 0) is 56.8 Å². The van der Waals surface area contributed by atoms with Crippen molar-refractivity contribution in [3.63, 3.8) is 0 Å². The lowest BCUT2D eigenvalue weighted by atomic mass is 9.68. The molecule has 1 N–H and O–H groups in total. The maximum absolute atomic E-state index is 6.33. The van der Waals surface area contributed by atoms with Crippen molar-refractivity contribution in [3.8, 4) is 12.3 Å². The molecule has 2 aliphatic rings. The van der Waals surface area contributed by atoms with Crippen LogP contribution in [0, 0.1) is 12.3 Å². The van der Waals surface area contributed by atoms with Crippen LogP contribution in [0.1, 0.15) is 61.1 Å². The van der Waals surface area contributed by atoms with E-state index in [2.05, 4.69) is 34.8 Å². The molecule has 1 saturated heterocycles. The Hall–Kier alpha value is -1.38. The van der Waals surface area contributed by atoms with Gasteiger partial charge < -0.3 is 10.1 Å². The van der Waals surface area contributed by atoms with Gasteiger partial charge in [0.2, 0.25) is 0 Å². The first kappa shape index (κ1) is 21.3. The predicted molar refractivity (Wildman–Crippen MR) is 118 cm³/mol. The summed E-state index contributed by atoms with van der Waals surface area (Å²) in [6.45, 7) is 2.72. The van der Waals surface area contributed by atoms with Gasteiger partial charge in [0.1, 0.15) is 0 Å². The second-order valence-electron chi connectivity index (χ2n) is 8.03. The summed E-state index contributed by atoms with van der Waals surface area (Å²) < 4.78 is 6.33. The zero-order valence-corrected chi connectivity index (χ0v) is 17.9. The Morgan fingerprint density at radius 2 is 2.11 bits per heavy atom. The van der Waals surface area contributed by atoms with Crippen LogP contribution in [-0.2, 0) is 16.7 Å². The minimum Gasteiger partial charge on any atom is -0.375 e. The van der Waals surface area contributed by atoms with Gasteiger partial charge in [0.15, 0.2) is 0 Å². The van der Waals surface area contributed by atoms with Crippen LogP contribution in [0.15, 0.2) is 35.8 Å². The molecular formula is C23H29ClN2OS. The molecule has 1 spiro atoms. The number of rotatable bonds is 6. The highest BCUT2D eigenvalue weighted by Gasteiger charge is 2.48. The zero-order valence-electron chi connectivity index (χ0n) is 16.3. The molecule has 28 heavy (non-hydrogen) atoms. The van der Waals surface area contributed by atoms with Crippen molar-refractivity contribution in [1.82, 2.24) is 10.3 Å². The van der Waals surface area contributed by atoms with Gasteiger partial charge in [-0.15, -0.1) is 30.2 Å². The van der Waals surface area contributed by atoms with Crippen LogP contribution in [0.5, 0.6) is 0 Å². The van der Waals surface area contributed by atoms with Gasteiger partial charge in [-0.1, -0.05) is 24.8 Å². The lowest BCUT2D eigenvalue weighted by Crippen LogP contribution is -2.47. The highest BCUT2D eigenvalue weighted by molar-refractivity contribution is 7.10. The minimum atomic E-state index is 0. The highest BCUT2D eigenvalue weighted by Crippen LogP contribution is 2.49. The van der Waals surface area contributed by atoms with Crippen molar-refractivity contribution in [3.05, 3.63) is 52.0 Å². The number of halogens is 1. The summed E-state index contributed by atoms with van der Waals surface area (Å²) in [5, 5.41) is 5.68. The summed E-state index contributed by atoms with van der Waals surface area (Å²) in [4.78, 5) is 6.08. The highest BCUT2D eigenvalue weighted by atomic mass is 35.5. The van der Waals surface area contributed by atoms with Crippen LogP contribution in [0.2, 0.25) is 0 Å². The smallest absolute Gasteiger partial charge is 0.0691 e. The fourth-order valence-electron chi connectivity index (χ4n) is 4.88. The average Bonchev–Trinajstić information content (AvgIpc) is 3.36. The number of ether oxygens (including phenoxy) is 1. The predicted octanol–water partition coefficient (Wildman–Crippen LogP) is 5.09. The van der Waals surface area contributed by atoms with E-state index >= 15 is 0 Å². The Morgan fingerprint density at radius 3 is 2.82 bits per heavy atom. The van der Waals surface area contributed by atoms with Crippen molar-refractivity contribution < 1.29 is 4.74 Å². The van der Waals surface area contributed by atoms with E-state index < -0.39 is 0 Å². The molecule has 0 radical (unpaired) electrons. The number of pyridine rings is 1. The summed E-state index contributed by atoms with van der Waals surface area (Å²) in [5.41, 5.74) is 2.43. The van der Waals surface area contributed by atoms with E-state index in [4.69, 9.17) is 16.1 Å². The van der Waals surface area contributed by atoms with Gasteiger partial charge in [0.05, 0.1) is 5.60 Å². The van der Waals surface area contributed by atoms with Crippen LogP contribution < -0.4 is 5.32 Å². The number of nitrogens with zero attached hydrogens (tertiary/aromatic N) is 1. The molecule has 4 rings (SSSR count). The van der Waals surface area contributed by atoms with Crippen molar-refractivity contribution in [1.29, 1.82) is 0 Å². The third kappa shape index (κ3) is 4.60. The molecule has 3 heterocycles. The van der Waals surface area contributed by atoms with Crippen LogP contribution in [0.4, 0.5) is 0 Å². The summed E-state index contributed by atoms with van der Waals surface area (Å²) in [6, 6.07) is 8.46. The van der Waals surface area contributed by atoms with Gasteiger partial charge in [0, 0.05) is 46.3 Å². The summed E-state index contributed by atoms with van der Waals surface area (Å²) in [7, 11) is 0. The maximum atomic E-state index is 6.33. The first-order valence-electron chi connectivity index (χ1n) is 10.0. The van der Waals surface area contributed by atoms with Crippen LogP contribution in [0.3, 0.4) is 0 Å². The van der Waals surface area contributed by atoms with Crippen LogP contribution in [-0.4, -0.2) is 23.7 Å². The Labute approximate surface area is 178 Å². The lowest BCUT2D eigenvalue weighted by molar-refractivity contribution is -0.104. The van der Waals surface area contributed by atoms with E-state index in [0.29, 0.717) is 0 Å². The van der Waals surface area contributed by atoms with E-state index in [0.717, 1.165) is 44.5 Å². The summed E-state index contributed by atoms with van der Waals surface area (Å²) >= 11 is 1.73. The zero-order chi connectivity index (χ0) is 18.6. The number of terminal acetylenes is 1. The van der Waals surface area contributed by atoms with Gasteiger partial charge in [-0.2, -0.15) is 0 Å². The first-order chi connectivity index (χ1) is 13.2. The summed E-state index contributed by atoms with van der Waals surface area (Å²) in [6.07, 6.45) is 15.7. The van der Waals surface area contributed by atoms with Crippen LogP contribution in [0.25, 0.3) is 0 Å². The largest absolute Gasteiger partial charge is 0.375 e. The quantitative estimate of drug-likeness (QED) is 0.526. The molecule has 150 valence electrons. The molecular weight excluding hydrogens is 388 g/mol. The monoisotopic (exact) mass is 416 g/mol. The number of aromatic nitrogens is 1. The van der Waals surface area contributed by atoms with E-state index in [9.17, 15) is 0 Å². The third-order valence-corrected chi connectivity index (χ3v) is 7.21. The van der Waals surface area contributed by atoms with E-state index in [1.54, 1.807) is 11.3 Å². The normalized spacial score (nSPS) is 23.2. The summed E-state index contributed by atoms with van der Waals surface area (Å²) in [5.74, 6) is 2.71. The fourth-order valence-corrected chi connectivity index (χ4v) is 5.68. The van der Waals surface area contributed by atoms with Crippen molar-refractivity contribution >= 4 is 23.7 Å². The molecule has 2 aromatic rings. The van der Waals surface area contributed by atoms with Gasteiger partial charge in [0.25, 0.3) is 0 Å². The molecule has 1 aliphatic carbocycles. The molecule has 2 fully saturated rings. The molecule has 2 aromatic heterocycles. The van der Waals surface area contributed by atoms with Gasteiger partial charge in [-0.25, -0.2) is 0 Å². The number of thiophene rings is 1. The Kier molecular flexibility index (Phi) is 7.17. The van der Waals surface area contributed by atoms with Gasteiger partial charge >= 0.3 is 0 Å². The SMILES string of the molecule is C#Cc1csc(CNCC[C@@]2(c3ccccn3)CCOC3(CCCC3)C2)c1.Cl. The molecule has 0 bridgehead atoms. The van der Waals surface area contributed by atoms with E-state index in [1.807, 2.05) is 12.3 Å². The topological polar surface area (TPSA) is 34.2 Å². The molecule has 1 saturated carbocycles. The molecule has 1 atom stereocenters. The molecule has 0 amide bonds. The second-order valence-corrected chi connectivity index (χ2v) is 9.03. The van der Waals surface area contributed by atoms with E-state index in [1.165, 1.54) is 36.3 Å². The number of nitrogens with one attached hydrogen (secondary N) is 1. The number of hydrogen-bond donors (Lipinski definition) is 1. The fraction of sp³-hybridized carbons (Fsp3) is 0.522. The molecule has 0 aromatic carbocycles. The maximum Gasteiger partial charge on any atom is 0.0691 e.